The summed E-state index contributed by atoms with van der Waals surface area (Å²) in [4.78, 5) is 22.9. The Hall–Kier alpha value is -3.39. The smallest absolute Gasteiger partial charge is 0.248 e. The first-order valence-electron chi connectivity index (χ1n) is 9.24. The lowest BCUT2D eigenvalue weighted by atomic mass is 10.1. The van der Waals surface area contributed by atoms with Crippen LogP contribution in [0.4, 0.5) is 0 Å². The topological polar surface area (TPSA) is 92.2 Å². The van der Waals surface area contributed by atoms with E-state index in [9.17, 15) is 4.79 Å². The molecule has 3 heterocycles. The van der Waals surface area contributed by atoms with Crippen molar-refractivity contribution in [2.24, 2.45) is 0 Å². The Morgan fingerprint density at radius 1 is 1.10 bits per heavy atom. The molecular formula is C21H18N6OS. The van der Waals surface area contributed by atoms with Gasteiger partial charge in [0.05, 0.1) is 28.8 Å². The standard InChI is InChI=1S/C21H18N6OS/c1-13-5-4-6-16-14(9-19(28)24-20(13)16)10-27-11-15(25-26-27)12-29-21-22-17-7-2-3-8-18(17)23-21/h2-9,11H,10,12H2,1H3,(H,22,23)(H,24,28). The van der Waals surface area contributed by atoms with E-state index in [1.807, 2.05) is 55.6 Å². The number of hydrogen-bond donors (Lipinski definition) is 2. The average Bonchev–Trinajstić information content (AvgIpc) is 3.33. The largest absolute Gasteiger partial charge is 0.333 e. The second-order valence-electron chi connectivity index (χ2n) is 6.91. The Kier molecular flexibility index (Phi) is 4.40. The molecule has 0 saturated heterocycles. The normalized spacial score (nSPS) is 11.5. The van der Waals surface area contributed by atoms with Gasteiger partial charge in [0.2, 0.25) is 5.56 Å². The van der Waals surface area contributed by atoms with Gasteiger partial charge in [-0.15, -0.1) is 5.10 Å². The van der Waals surface area contributed by atoms with Crippen molar-refractivity contribution in [1.29, 1.82) is 0 Å². The number of rotatable bonds is 5. The third-order valence-electron chi connectivity index (χ3n) is 4.82. The zero-order valence-electron chi connectivity index (χ0n) is 15.7. The molecule has 0 aliphatic rings. The van der Waals surface area contributed by atoms with Crippen molar-refractivity contribution >= 4 is 33.7 Å². The number of benzene rings is 2. The van der Waals surface area contributed by atoms with Gasteiger partial charge in [0.25, 0.3) is 0 Å². The molecule has 0 aliphatic heterocycles. The zero-order chi connectivity index (χ0) is 19.8. The van der Waals surface area contributed by atoms with Crippen molar-refractivity contribution < 1.29 is 0 Å². The monoisotopic (exact) mass is 402 g/mol. The minimum Gasteiger partial charge on any atom is -0.333 e. The molecule has 144 valence electrons. The summed E-state index contributed by atoms with van der Waals surface area (Å²) in [5, 5.41) is 10.4. The quantitative estimate of drug-likeness (QED) is 0.438. The Morgan fingerprint density at radius 3 is 2.90 bits per heavy atom. The number of imidazole rings is 1. The Morgan fingerprint density at radius 2 is 2.00 bits per heavy atom. The second kappa shape index (κ2) is 7.21. The van der Waals surface area contributed by atoms with Crippen LogP contribution in [0, 0.1) is 6.92 Å². The highest BCUT2D eigenvalue weighted by molar-refractivity contribution is 7.98. The van der Waals surface area contributed by atoms with Crippen molar-refractivity contribution in [3.05, 3.63) is 81.9 Å². The van der Waals surface area contributed by atoms with Crippen molar-refractivity contribution in [3.8, 4) is 0 Å². The van der Waals surface area contributed by atoms with Gasteiger partial charge < -0.3 is 9.97 Å². The molecule has 2 aromatic carbocycles. The van der Waals surface area contributed by atoms with E-state index in [4.69, 9.17) is 0 Å². The molecule has 0 saturated carbocycles. The van der Waals surface area contributed by atoms with E-state index in [0.29, 0.717) is 12.3 Å². The fraction of sp³-hybridized carbons (Fsp3) is 0.143. The summed E-state index contributed by atoms with van der Waals surface area (Å²) >= 11 is 1.59. The summed E-state index contributed by atoms with van der Waals surface area (Å²) in [5.74, 6) is 0.662. The number of aryl methyl sites for hydroxylation is 1. The number of para-hydroxylation sites is 3. The molecule has 7 nitrogen and oxygen atoms in total. The number of fused-ring (bicyclic) bond motifs is 2. The summed E-state index contributed by atoms with van der Waals surface area (Å²) in [6, 6.07) is 15.6. The highest BCUT2D eigenvalue weighted by atomic mass is 32.2. The molecule has 0 atom stereocenters. The fourth-order valence-electron chi connectivity index (χ4n) is 3.42. The van der Waals surface area contributed by atoms with Gasteiger partial charge in [0.1, 0.15) is 0 Å². The minimum atomic E-state index is -0.109. The molecule has 3 aromatic heterocycles. The molecule has 0 bridgehead atoms. The molecule has 5 aromatic rings. The first-order chi connectivity index (χ1) is 14.2. The summed E-state index contributed by atoms with van der Waals surface area (Å²) in [6.07, 6.45) is 1.92. The van der Waals surface area contributed by atoms with Gasteiger partial charge in [0, 0.05) is 23.4 Å². The van der Waals surface area contributed by atoms with E-state index in [-0.39, 0.29) is 5.56 Å². The van der Waals surface area contributed by atoms with Crippen LogP contribution in [0.3, 0.4) is 0 Å². The molecule has 2 N–H and O–H groups in total. The SMILES string of the molecule is Cc1cccc2c(Cn3cc(CSc4nc5ccccc5[nH]4)nn3)cc(=O)[nH]c12. The first-order valence-corrected chi connectivity index (χ1v) is 10.2. The van der Waals surface area contributed by atoms with Gasteiger partial charge in [-0.1, -0.05) is 47.3 Å². The zero-order valence-corrected chi connectivity index (χ0v) is 16.5. The van der Waals surface area contributed by atoms with Gasteiger partial charge >= 0.3 is 0 Å². The van der Waals surface area contributed by atoms with Crippen LogP contribution in [0.15, 0.2) is 64.7 Å². The third-order valence-corrected chi connectivity index (χ3v) is 5.72. The lowest BCUT2D eigenvalue weighted by Gasteiger charge is -2.07. The maximum atomic E-state index is 12.1. The Balaban J connectivity index is 1.35. The minimum absolute atomic E-state index is 0.109. The number of pyridine rings is 1. The van der Waals surface area contributed by atoms with Gasteiger partial charge in [0.15, 0.2) is 5.16 Å². The van der Waals surface area contributed by atoms with Crippen molar-refractivity contribution in [2.75, 3.05) is 0 Å². The van der Waals surface area contributed by atoms with Crippen LogP contribution >= 0.6 is 11.8 Å². The maximum Gasteiger partial charge on any atom is 0.248 e. The molecule has 8 heteroatoms. The second-order valence-corrected chi connectivity index (χ2v) is 7.88. The van der Waals surface area contributed by atoms with E-state index >= 15 is 0 Å². The maximum absolute atomic E-state index is 12.1. The number of thioether (sulfide) groups is 1. The van der Waals surface area contributed by atoms with Crippen LogP contribution in [-0.4, -0.2) is 29.9 Å². The molecule has 0 spiro atoms. The van der Waals surface area contributed by atoms with Crippen LogP contribution in [0.2, 0.25) is 0 Å². The number of aromatic amines is 2. The van der Waals surface area contributed by atoms with E-state index in [0.717, 1.165) is 43.9 Å². The van der Waals surface area contributed by atoms with Gasteiger partial charge in [-0.25, -0.2) is 9.67 Å². The summed E-state index contributed by atoms with van der Waals surface area (Å²) in [7, 11) is 0. The van der Waals surface area contributed by atoms with Crippen molar-refractivity contribution in [3.63, 3.8) is 0 Å². The summed E-state index contributed by atoms with van der Waals surface area (Å²) in [6.45, 7) is 2.48. The number of nitrogens with one attached hydrogen (secondary N) is 2. The van der Waals surface area contributed by atoms with Gasteiger partial charge in [-0.2, -0.15) is 0 Å². The Bertz CT molecular complexity index is 1350. The van der Waals surface area contributed by atoms with E-state index in [1.165, 1.54) is 0 Å². The van der Waals surface area contributed by atoms with Crippen LogP contribution in [0.5, 0.6) is 0 Å². The molecule has 0 fully saturated rings. The van der Waals surface area contributed by atoms with Crippen LogP contribution in [-0.2, 0) is 12.3 Å². The predicted octanol–water partition coefficient (Wildman–Crippen LogP) is 3.64. The van der Waals surface area contributed by atoms with Gasteiger partial charge in [-0.05, 0) is 30.2 Å². The molecule has 29 heavy (non-hydrogen) atoms. The van der Waals surface area contributed by atoms with Crippen LogP contribution in [0.1, 0.15) is 16.8 Å². The molecular weight excluding hydrogens is 384 g/mol. The lowest BCUT2D eigenvalue weighted by molar-refractivity contribution is 0.651. The van der Waals surface area contributed by atoms with E-state index in [2.05, 4.69) is 25.3 Å². The highest BCUT2D eigenvalue weighted by Gasteiger charge is 2.09. The predicted molar refractivity (Wildman–Crippen MR) is 114 cm³/mol. The average molecular weight is 402 g/mol. The van der Waals surface area contributed by atoms with Crippen LogP contribution in [0.25, 0.3) is 21.9 Å². The summed E-state index contributed by atoms with van der Waals surface area (Å²) < 4.78 is 1.77. The molecule has 0 aliphatic carbocycles. The van der Waals surface area contributed by atoms with Crippen molar-refractivity contribution in [1.82, 2.24) is 29.9 Å². The molecule has 5 rings (SSSR count). The Labute approximate surface area is 170 Å². The van der Waals surface area contributed by atoms with E-state index < -0.39 is 0 Å². The highest BCUT2D eigenvalue weighted by Crippen LogP contribution is 2.23. The number of nitrogens with zero attached hydrogens (tertiary/aromatic N) is 4. The number of hydrogen-bond acceptors (Lipinski definition) is 5. The number of H-pyrrole nitrogens is 2. The van der Waals surface area contributed by atoms with Crippen molar-refractivity contribution in [2.45, 2.75) is 24.4 Å². The third kappa shape index (κ3) is 3.54. The van der Waals surface area contributed by atoms with Gasteiger partial charge in [-0.3, -0.25) is 4.79 Å². The van der Waals surface area contributed by atoms with Crippen LogP contribution < -0.4 is 5.56 Å². The number of aromatic nitrogens is 6. The first kappa shape index (κ1) is 17.7. The van der Waals surface area contributed by atoms with E-state index in [1.54, 1.807) is 22.5 Å². The lowest BCUT2D eigenvalue weighted by Crippen LogP contribution is -2.10. The molecule has 0 amide bonds. The molecule has 0 radical (unpaired) electrons. The fourth-order valence-corrected chi connectivity index (χ4v) is 4.19. The summed E-state index contributed by atoms with van der Waals surface area (Å²) in [5.41, 5.74) is 5.57. The molecule has 0 unspecified atom stereocenters.